The summed E-state index contributed by atoms with van der Waals surface area (Å²) in [7, 11) is 0. The third-order valence-electron chi connectivity index (χ3n) is 2.90. The number of hydrogen-bond acceptors (Lipinski definition) is 3. The Balaban J connectivity index is 1.76. The fourth-order valence-electron chi connectivity index (χ4n) is 1.83. The SMILES string of the molecule is Cc1ccc(OCCCOc2ccccc2C#N)c(Br)c1. The molecule has 3 nitrogen and oxygen atoms in total. The van der Waals surface area contributed by atoms with Gasteiger partial charge in [-0.25, -0.2) is 0 Å². The number of ether oxygens (including phenoxy) is 2. The standard InChI is InChI=1S/C17H16BrNO2/c1-13-7-8-17(15(18)11-13)21-10-4-9-20-16-6-3-2-5-14(16)12-19/h2-3,5-8,11H,4,9-10H2,1H3. The van der Waals surface area contributed by atoms with Gasteiger partial charge < -0.3 is 9.47 Å². The summed E-state index contributed by atoms with van der Waals surface area (Å²) in [6.07, 6.45) is 0.750. The van der Waals surface area contributed by atoms with Gasteiger partial charge in [-0.3, -0.25) is 0 Å². The lowest BCUT2D eigenvalue weighted by Gasteiger charge is -2.10. The molecule has 0 spiro atoms. The first-order valence-electron chi connectivity index (χ1n) is 6.71. The van der Waals surface area contributed by atoms with E-state index in [-0.39, 0.29) is 0 Å². The summed E-state index contributed by atoms with van der Waals surface area (Å²) in [6.45, 7) is 3.12. The van der Waals surface area contributed by atoms with E-state index in [2.05, 4.69) is 22.0 Å². The topological polar surface area (TPSA) is 42.2 Å². The fraction of sp³-hybridized carbons (Fsp3) is 0.235. The molecule has 4 heteroatoms. The predicted octanol–water partition coefficient (Wildman–Crippen LogP) is 4.48. The molecule has 2 aromatic rings. The van der Waals surface area contributed by atoms with Crippen molar-refractivity contribution in [1.29, 1.82) is 5.26 Å². The van der Waals surface area contributed by atoms with Gasteiger partial charge in [0.25, 0.3) is 0 Å². The second kappa shape index (κ2) is 7.70. The van der Waals surface area contributed by atoms with Crippen LogP contribution in [0.1, 0.15) is 17.5 Å². The van der Waals surface area contributed by atoms with Crippen LogP contribution in [0.25, 0.3) is 0 Å². The Labute approximate surface area is 133 Å². The van der Waals surface area contributed by atoms with Crippen LogP contribution in [0.4, 0.5) is 0 Å². The van der Waals surface area contributed by atoms with Crippen LogP contribution >= 0.6 is 15.9 Å². The zero-order chi connectivity index (χ0) is 15.1. The molecule has 0 fully saturated rings. The summed E-state index contributed by atoms with van der Waals surface area (Å²) >= 11 is 3.48. The molecular formula is C17H16BrNO2. The first kappa shape index (κ1) is 15.4. The van der Waals surface area contributed by atoms with Crippen molar-refractivity contribution in [2.24, 2.45) is 0 Å². The molecule has 108 valence electrons. The molecule has 0 heterocycles. The molecular weight excluding hydrogens is 330 g/mol. The highest BCUT2D eigenvalue weighted by Gasteiger charge is 2.03. The Morgan fingerprint density at radius 2 is 1.76 bits per heavy atom. The van der Waals surface area contributed by atoms with E-state index in [1.807, 2.05) is 37.3 Å². The van der Waals surface area contributed by atoms with E-state index in [0.29, 0.717) is 24.5 Å². The molecule has 0 N–H and O–H groups in total. The molecule has 21 heavy (non-hydrogen) atoms. The van der Waals surface area contributed by atoms with Gasteiger partial charge in [-0.1, -0.05) is 18.2 Å². The number of nitriles is 1. The monoisotopic (exact) mass is 345 g/mol. The summed E-state index contributed by atoms with van der Waals surface area (Å²) in [4.78, 5) is 0. The molecule has 2 rings (SSSR count). The second-order valence-electron chi connectivity index (χ2n) is 4.59. The summed E-state index contributed by atoms with van der Waals surface area (Å²) < 4.78 is 12.3. The van der Waals surface area contributed by atoms with Gasteiger partial charge in [-0.2, -0.15) is 5.26 Å². The van der Waals surface area contributed by atoms with E-state index >= 15 is 0 Å². The number of rotatable bonds is 6. The highest BCUT2D eigenvalue weighted by atomic mass is 79.9. The van der Waals surface area contributed by atoms with Crippen LogP contribution in [0.3, 0.4) is 0 Å². The zero-order valence-corrected chi connectivity index (χ0v) is 13.4. The normalized spacial score (nSPS) is 9.95. The maximum Gasteiger partial charge on any atom is 0.137 e. The summed E-state index contributed by atoms with van der Waals surface area (Å²) in [5.41, 5.74) is 1.74. The van der Waals surface area contributed by atoms with Crippen LogP contribution in [0, 0.1) is 18.3 Å². The van der Waals surface area contributed by atoms with Gasteiger partial charge in [-0.15, -0.1) is 0 Å². The molecule has 0 atom stereocenters. The van der Waals surface area contributed by atoms with Crippen molar-refractivity contribution in [2.75, 3.05) is 13.2 Å². The molecule has 0 aromatic heterocycles. The quantitative estimate of drug-likeness (QED) is 0.725. The van der Waals surface area contributed by atoms with E-state index in [4.69, 9.17) is 14.7 Å². The Morgan fingerprint density at radius 3 is 2.48 bits per heavy atom. The van der Waals surface area contributed by atoms with Gasteiger partial charge in [0, 0.05) is 6.42 Å². The van der Waals surface area contributed by atoms with Crippen LogP contribution in [0.5, 0.6) is 11.5 Å². The molecule has 0 bridgehead atoms. The Morgan fingerprint density at radius 1 is 1.05 bits per heavy atom. The molecule has 0 unspecified atom stereocenters. The van der Waals surface area contributed by atoms with Crippen molar-refractivity contribution in [3.8, 4) is 17.6 Å². The van der Waals surface area contributed by atoms with Crippen LogP contribution < -0.4 is 9.47 Å². The van der Waals surface area contributed by atoms with Crippen LogP contribution in [-0.2, 0) is 0 Å². The maximum absolute atomic E-state index is 8.96. The lowest BCUT2D eigenvalue weighted by molar-refractivity contribution is 0.246. The van der Waals surface area contributed by atoms with Gasteiger partial charge in [0.1, 0.15) is 17.6 Å². The fourth-order valence-corrected chi connectivity index (χ4v) is 2.44. The number of nitrogens with zero attached hydrogens (tertiary/aromatic N) is 1. The third-order valence-corrected chi connectivity index (χ3v) is 3.52. The third kappa shape index (κ3) is 4.51. The number of aryl methyl sites for hydroxylation is 1. The number of hydrogen-bond donors (Lipinski definition) is 0. The lowest BCUT2D eigenvalue weighted by atomic mass is 10.2. The highest BCUT2D eigenvalue weighted by molar-refractivity contribution is 9.10. The predicted molar refractivity (Wildman–Crippen MR) is 85.6 cm³/mol. The average molecular weight is 346 g/mol. The minimum Gasteiger partial charge on any atom is -0.492 e. The summed E-state index contributed by atoms with van der Waals surface area (Å²) in [5.74, 6) is 1.45. The molecule has 0 amide bonds. The van der Waals surface area contributed by atoms with E-state index in [0.717, 1.165) is 16.6 Å². The van der Waals surface area contributed by atoms with Gasteiger partial charge in [0.05, 0.1) is 23.2 Å². The van der Waals surface area contributed by atoms with Crippen molar-refractivity contribution in [2.45, 2.75) is 13.3 Å². The lowest BCUT2D eigenvalue weighted by Crippen LogP contribution is -2.06. The Hall–Kier alpha value is -1.99. The van der Waals surface area contributed by atoms with Gasteiger partial charge in [0.2, 0.25) is 0 Å². The minimum atomic E-state index is 0.516. The first-order chi connectivity index (χ1) is 10.2. The van der Waals surface area contributed by atoms with Crippen molar-refractivity contribution >= 4 is 15.9 Å². The van der Waals surface area contributed by atoms with Crippen LogP contribution in [-0.4, -0.2) is 13.2 Å². The van der Waals surface area contributed by atoms with Crippen molar-refractivity contribution < 1.29 is 9.47 Å². The molecule has 0 aliphatic heterocycles. The van der Waals surface area contributed by atoms with Crippen LogP contribution in [0.2, 0.25) is 0 Å². The number of halogens is 1. The van der Waals surface area contributed by atoms with Crippen LogP contribution in [0.15, 0.2) is 46.9 Å². The second-order valence-corrected chi connectivity index (χ2v) is 5.45. The molecule has 0 aliphatic rings. The smallest absolute Gasteiger partial charge is 0.137 e. The zero-order valence-electron chi connectivity index (χ0n) is 11.8. The Kier molecular flexibility index (Phi) is 5.65. The average Bonchev–Trinajstić information content (AvgIpc) is 2.49. The summed E-state index contributed by atoms with van der Waals surface area (Å²) in [6, 6.07) is 15.3. The molecule has 0 saturated carbocycles. The minimum absolute atomic E-state index is 0.516. The Bertz CT molecular complexity index is 649. The molecule has 0 aliphatic carbocycles. The first-order valence-corrected chi connectivity index (χ1v) is 7.51. The molecule has 2 aromatic carbocycles. The van der Waals surface area contributed by atoms with Crippen molar-refractivity contribution in [3.63, 3.8) is 0 Å². The van der Waals surface area contributed by atoms with E-state index in [1.165, 1.54) is 5.56 Å². The van der Waals surface area contributed by atoms with E-state index in [9.17, 15) is 0 Å². The maximum atomic E-state index is 8.96. The number of benzene rings is 2. The van der Waals surface area contributed by atoms with Crippen molar-refractivity contribution in [1.82, 2.24) is 0 Å². The van der Waals surface area contributed by atoms with Crippen molar-refractivity contribution in [3.05, 3.63) is 58.1 Å². The van der Waals surface area contributed by atoms with Gasteiger partial charge in [0.15, 0.2) is 0 Å². The van der Waals surface area contributed by atoms with Gasteiger partial charge >= 0.3 is 0 Å². The highest BCUT2D eigenvalue weighted by Crippen LogP contribution is 2.25. The summed E-state index contributed by atoms with van der Waals surface area (Å²) in [5, 5.41) is 8.96. The van der Waals surface area contributed by atoms with Gasteiger partial charge in [-0.05, 0) is 52.7 Å². The van der Waals surface area contributed by atoms with E-state index < -0.39 is 0 Å². The molecule has 0 saturated heterocycles. The van der Waals surface area contributed by atoms with E-state index in [1.54, 1.807) is 12.1 Å². The number of para-hydroxylation sites is 1. The largest absolute Gasteiger partial charge is 0.492 e. The molecule has 0 radical (unpaired) electrons.